The molecule has 0 spiro atoms. The fourth-order valence-corrected chi connectivity index (χ4v) is 3.70. The first kappa shape index (κ1) is 16.2. The van der Waals surface area contributed by atoms with E-state index in [1.54, 1.807) is 11.3 Å². The van der Waals surface area contributed by atoms with Crippen LogP contribution in [0.3, 0.4) is 0 Å². The quantitative estimate of drug-likeness (QED) is 0.937. The molecule has 1 saturated heterocycles. The van der Waals surface area contributed by atoms with Crippen LogP contribution in [0.15, 0.2) is 42.5 Å². The van der Waals surface area contributed by atoms with Gasteiger partial charge in [-0.3, -0.25) is 9.69 Å². The molecule has 0 radical (unpaired) electrons. The van der Waals surface area contributed by atoms with Crippen molar-refractivity contribution in [3.8, 4) is 0 Å². The lowest BCUT2D eigenvalue weighted by Crippen LogP contribution is -2.49. The summed E-state index contributed by atoms with van der Waals surface area (Å²) in [7, 11) is 0. The molecular formula is C18H22N2O2S. The van der Waals surface area contributed by atoms with Crippen molar-refractivity contribution in [2.24, 2.45) is 0 Å². The molecule has 1 aromatic carbocycles. The highest BCUT2D eigenvalue weighted by atomic mass is 32.1. The van der Waals surface area contributed by atoms with Gasteiger partial charge in [-0.1, -0.05) is 30.3 Å². The van der Waals surface area contributed by atoms with E-state index in [1.165, 1.54) is 0 Å². The van der Waals surface area contributed by atoms with Crippen molar-refractivity contribution in [3.05, 3.63) is 57.8 Å². The van der Waals surface area contributed by atoms with E-state index >= 15 is 0 Å². The third kappa shape index (κ3) is 3.99. The number of thiophene rings is 1. The molecule has 0 saturated carbocycles. The van der Waals surface area contributed by atoms with Gasteiger partial charge in [0.15, 0.2) is 0 Å². The highest BCUT2D eigenvalue weighted by Gasteiger charge is 2.24. The van der Waals surface area contributed by atoms with E-state index in [4.69, 9.17) is 0 Å². The largest absolute Gasteiger partial charge is 0.387 e. The minimum Gasteiger partial charge on any atom is -0.387 e. The lowest BCUT2D eigenvalue weighted by molar-refractivity contribution is 0.0531. The molecule has 1 atom stereocenters. The van der Waals surface area contributed by atoms with Crippen LogP contribution in [0.25, 0.3) is 0 Å². The molecule has 4 nitrogen and oxygen atoms in total. The van der Waals surface area contributed by atoms with Crippen LogP contribution in [0.5, 0.6) is 0 Å². The van der Waals surface area contributed by atoms with Crippen LogP contribution in [0, 0.1) is 6.92 Å². The van der Waals surface area contributed by atoms with E-state index < -0.39 is 6.10 Å². The summed E-state index contributed by atoms with van der Waals surface area (Å²) in [5.41, 5.74) is 0.945. The minimum absolute atomic E-state index is 0.131. The molecule has 122 valence electrons. The second kappa shape index (κ2) is 7.25. The summed E-state index contributed by atoms with van der Waals surface area (Å²) in [6.07, 6.45) is -0.474. The topological polar surface area (TPSA) is 43.8 Å². The Morgan fingerprint density at radius 2 is 1.83 bits per heavy atom. The summed E-state index contributed by atoms with van der Waals surface area (Å²) in [6, 6.07) is 13.6. The predicted molar refractivity (Wildman–Crippen MR) is 92.8 cm³/mol. The molecule has 2 heterocycles. The summed E-state index contributed by atoms with van der Waals surface area (Å²) in [5, 5.41) is 10.3. The van der Waals surface area contributed by atoms with Crippen molar-refractivity contribution in [3.63, 3.8) is 0 Å². The Labute approximate surface area is 141 Å². The molecule has 1 aliphatic heterocycles. The lowest BCUT2D eigenvalue weighted by atomic mass is 10.1. The van der Waals surface area contributed by atoms with Gasteiger partial charge >= 0.3 is 0 Å². The van der Waals surface area contributed by atoms with Crippen LogP contribution < -0.4 is 0 Å². The minimum atomic E-state index is -0.474. The van der Waals surface area contributed by atoms with Crippen molar-refractivity contribution in [1.82, 2.24) is 9.80 Å². The zero-order chi connectivity index (χ0) is 16.2. The van der Waals surface area contributed by atoms with Gasteiger partial charge in [-0.25, -0.2) is 0 Å². The van der Waals surface area contributed by atoms with Crippen LogP contribution >= 0.6 is 11.3 Å². The summed E-state index contributed by atoms with van der Waals surface area (Å²) in [5.74, 6) is 0.131. The number of hydrogen-bond donors (Lipinski definition) is 1. The monoisotopic (exact) mass is 330 g/mol. The fourth-order valence-electron chi connectivity index (χ4n) is 2.86. The number of benzene rings is 1. The Hall–Kier alpha value is -1.69. The summed E-state index contributed by atoms with van der Waals surface area (Å²) in [6.45, 7) is 5.68. The third-order valence-corrected chi connectivity index (χ3v) is 5.21. The molecule has 3 rings (SSSR count). The van der Waals surface area contributed by atoms with Gasteiger partial charge in [-0.2, -0.15) is 0 Å². The third-order valence-electron chi connectivity index (χ3n) is 4.23. The fraction of sp³-hybridized carbons (Fsp3) is 0.389. The molecule has 5 heteroatoms. The molecule has 1 aromatic heterocycles. The maximum absolute atomic E-state index is 12.4. The molecule has 0 unspecified atom stereocenters. The number of β-amino-alcohol motifs (C(OH)–C–C–N with tert-alkyl or cyclic N) is 1. The number of aliphatic hydroxyl groups excluding tert-OH is 1. The van der Waals surface area contributed by atoms with Gasteiger partial charge in [0.25, 0.3) is 5.91 Å². The zero-order valence-electron chi connectivity index (χ0n) is 13.3. The van der Waals surface area contributed by atoms with Crippen molar-refractivity contribution >= 4 is 17.2 Å². The van der Waals surface area contributed by atoms with E-state index in [1.807, 2.05) is 54.3 Å². The summed E-state index contributed by atoms with van der Waals surface area (Å²) < 4.78 is 0. The zero-order valence-corrected chi connectivity index (χ0v) is 14.1. The number of carbonyl (C=O) groups is 1. The molecule has 1 N–H and O–H groups in total. The molecule has 1 aliphatic rings. The van der Waals surface area contributed by atoms with Crippen molar-refractivity contribution in [2.45, 2.75) is 13.0 Å². The highest BCUT2D eigenvalue weighted by molar-refractivity contribution is 7.13. The van der Waals surface area contributed by atoms with E-state index in [0.717, 1.165) is 41.5 Å². The maximum atomic E-state index is 12.4. The second-order valence-electron chi connectivity index (χ2n) is 5.93. The number of nitrogens with zero attached hydrogens (tertiary/aromatic N) is 2. The van der Waals surface area contributed by atoms with E-state index in [2.05, 4.69) is 4.90 Å². The molecule has 0 aliphatic carbocycles. The molecule has 2 aromatic rings. The van der Waals surface area contributed by atoms with Gasteiger partial charge in [0, 0.05) is 37.6 Å². The number of aryl methyl sites for hydroxylation is 1. The average molecular weight is 330 g/mol. The predicted octanol–water partition coefficient (Wildman–Crippen LogP) is 2.55. The highest BCUT2D eigenvalue weighted by Crippen LogP contribution is 2.19. The summed E-state index contributed by atoms with van der Waals surface area (Å²) in [4.78, 5) is 18.6. The Morgan fingerprint density at radius 3 is 2.43 bits per heavy atom. The van der Waals surface area contributed by atoms with Crippen LogP contribution in [-0.4, -0.2) is 53.5 Å². The number of rotatable bonds is 4. The van der Waals surface area contributed by atoms with Crippen molar-refractivity contribution in [2.75, 3.05) is 32.7 Å². The van der Waals surface area contributed by atoms with Crippen molar-refractivity contribution < 1.29 is 9.90 Å². The van der Waals surface area contributed by atoms with Gasteiger partial charge in [0.05, 0.1) is 11.0 Å². The Balaban J connectivity index is 1.51. The smallest absolute Gasteiger partial charge is 0.264 e. The van der Waals surface area contributed by atoms with Crippen molar-refractivity contribution in [1.29, 1.82) is 0 Å². The number of piperazine rings is 1. The van der Waals surface area contributed by atoms with E-state index in [0.29, 0.717) is 6.54 Å². The van der Waals surface area contributed by atoms with Crippen LogP contribution in [-0.2, 0) is 0 Å². The number of amides is 1. The summed E-state index contributed by atoms with van der Waals surface area (Å²) >= 11 is 1.55. The Bertz CT molecular complexity index is 648. The Morgan fingerprint density at radius 1 is 1.13 bits per heavy atom. The first-order chi connectivity index (χ1) is 11.1. The Kier molecular flexibility index (Phi) is 5.10. The van der Waals surface area contributed by atoms with Gasteiger partial charge in [0.2, 0.25) is 0 Å². The first-order valence-corrected chi connectivity index (χ1v) is 8.76. The van der Waals surface area contributed by atoms with Gasteiger partial charge in [0.1, 0.15) is 0 Å². The standard InChI is InChI=1S/C18H22N2O2S/c1-14-7-8-17(23-14)18(22)20-11-9-19(10-12-20)13-16(21)15-5-3-2-4-6-15/h2-8,16,21H,9-13H2,1H3/t16-/m0/s1. The van der Waals surface area contributed by atoms with Gasteiger partial charge in [-0.15, -0.1) is 11.3 Å². The van der Waals surface area contributed by atoms with E-state index in [9.17, 15) is 9.90 Å². The van der Waals surface area contributed by atoms with Crippen LogP contribution in [0.1, 0.15) is 26.2 Å². The van der Waals surface area contributed by atoms with Gasteiger partial charge < -0.3 is 10.0 Å². The molecule has 23 heavy (non-hydrogen) atoms. The molecule has 1 amide bonds. The number of aliphatic hydroxyl groups is 1. The normalized spacial score (nSPS) is 17.2. The lowest BCUT2D eigenvalue weighted by Gasteiger charge is -2.35. The average Bonchev–Trinajstić information content (AvgIpc) is 3.02. The number of hydrogen-bond acceptors (Lipinski definition) is 4. The second-order valence-corrected chi connectivity index (χ2v) is 7.22. The van der Waals surface area contributed by atoms with E-state index in [-0.39, 0.29) is 5.91 Å². The van der Waals surface area contributed by atoms with Crippen LogP contribution in [0.2, 0.25) is 0 Å². The van der Waals surface area contributed by atoms with Crippen LogP contribution in [0.4, 0.5) is 0 Å². The maximum Gasteiger partial charge on any atom is 0.264 e. The molecule has 1 fully saturated rings. The molecular weight excluding hydrogens is 308 g/mol. The SMILES string of the molecule is Cc1ccc(C(=O)N2CCN(C[C@H](O)c3ccccc3)CC2)s1. The molecule has 0 bridgehead atoms. The number of carbonyl (C=O) groups excluding carboxylic acids is 1. The van der Waals surface area contributed by atoms with Gasteiger partial charge in [-0.05, 0) is 24.6 Å². The first-order valence-electron chi connectivity index (χ1n) is 7.94.